The zero-order valence-corrected chi connectivity index (χ0v) is 9.20. The summed E-state index contributed by atoms with van der Waals surface area (Å²) < 4.78 is 0. The molecular weight excluding hydrogens is 226 g/mol. The van der Waals surface area contributed by atoms with Gasteiger partial charge in [0.25, 0.3) is 0 Å². The lowest BCUT2D eigenvalue weighted by molar-refractivity contribution is 0.0693. The molecule has 94 valence electrons. The van der Waals surface area contributed by atoms with Crippen molar-refractivity contribution in [3.05, 3.63) is 23.8 Å². The van der Waals surface area contributed by atoms with Crippen LogP contribution in [0.2, 0.25) is 0 Å². The summed E-state index contributed by atoms with van der Waals surface area (Å²) in [6.45, 7) is 0.404. The molecule has 0 amide bonds. The van der Waals surface area contributed by atoms with Gasteiger partial charge in [0, 0.05) is 24.8 Å². The first kappa shape index (κ1) is 13.3. The lowest BCUT2D eigenvalue weighted by atomic mass is 10.1. The number of carbonyl (C=O) groups is 1. The smallest absolute Gasteiger partial charge is 0.339 e. The molecule has 0 aliphatic rings. The Kier molecular flexibility index (Phi) is 4.74. The first-order valence-electron chi connectivity index (χ1n) is 5.13. The van der Waals surface area contributed by atoms with Gasteiger partial charge >= 0.3 is 5.97 Å². The predicted molar refractivity (Wildman–Crippen MR) is 61.5 cm³/mol. The molecule has 17 heavy (non-hydrogen) atoms. The van der Waals surface area contributed by atoms with Crippen LogP contribution in [0.3, 0.4) is 0 Å². The summed E-state index contributed by atoms with van der Waals surface area (Å²) in [6.07, 6.45) is 0. The zero-order chi connectivity index (χ0) is 12.8. The molecule has 6 nitrogen and oxygen atoms in total. The molecule has 0 heterocycles. The summed E-state index contributed by atoms with van der Waals surface area (Å²) >= 11 is 0. The van der Waals surface area contributed by atoms with Gasteiger partial charge in [0.05, 0.1) is 13.2 Å². The molecule has 0 saturated heterocycles. The van der Waals surface area contributed by atoms with E-state index in [2.05, 4.69) is 0 Å². The largest absolute Gasteiger partial charge is 0.507 e. The minimum Gasteiger partial charge on any atom is -0.507 e. The third-order valence-electron chi connectivity index (χ3n) is 2.32. The van der Waals surface area contributed by atoms with Crippen LogP contribution in [-0.4, -0.2) is 52.7 Å². The fourth-order valence-electron chi connectivity index (χ4n) is 1.51. The molecule has 1 aromatic carbocycles. The molecule has 1 rings (SSSR count). The van der Waals surface area contributed by atoms with Crippen molar-refractivity contribution in [2.75, 3.05) is 31.2 Å². The lowest BCUT2D eigenvalue weighted by Crippen LogP contribution is -2.29. The van der Waals surface area contributed by atoms with Crippen molar-refractivity contribution >= 4 is 11.7 Å². The summed E-state index contributed by atoms with van der Waals surface area (Å²) in [5, 5.41) is 36.0. The molecule has 0 aliphatic heterocycles. The van der Waals surface area contributed by atoms with Gasteiger partial charge in [0.15, 0.2) is 0 Å². The second kappa shape index (κ2) is 6.07. The van der Waals surface area contributed by atoms with E-state index in [4.69, 9.17) is 15.3 Å². The van der Waals surface area contributed by atoms with Crippen molar-refractivity contribution in [2.45, 2.75) is 0 Å². The highest BCUT2D eigenvalue weighted by Gasteiger charge is 2.12. The number of aliphatic hydroxyl groups excluding tert-OH is 2. The Morgan fingerprint density at radius 2 is 1.76 bits per heavy atom. The van der Waals surface area contributed by atoms with E-state index in [-0.39, 0.29) is 24.5 Å². The van der Waals surface area contributed by atoms with Crippen molar-refractivity contribution in [2.24, 2.45) is 0 Å². The Morgan fingerprint density at radius 1 is 1.18 bits per heavy atom. The van der Waals surface area contributed by atoms with Crippen LogP contribution in [-0.2, 0) is 0 Å². The highest BCUT2D eigenvalue weighted by molar-refractivity contribution is 5.91. The van der Waals surface area contributed by atoms with Crippen molar-refractivity contribution in [3.63, 3.8) is 0 Å². The number of benzene rings is 1. The van der Waals surface area contributed by atoms with E-state index < -0.39 is 5.97 Å². The highest BCUT2D eigenvalue weighted by atomic mass is 16.4. The number of phenols is 1. The highest BCUT2D eigenvalue weighted by Crippen LogP contribution is 2.24. The summed E-state index contributed by atoms with van der Waals surface area (Å²) in [7, 11) is 0. The Bertz CT molecular complexity index is 387. The first-order valence-corrected chi connectivity index (χ1v) is 5.13. The second-order valence-electron chi connectivity index (χ2n) is 3.44. The van der Waals surface area contributed by atoms with Gasteiger partial charge in [-0.05, 0) is 12.1 Å². The average Bonchev–Trinajstić information content (AvgIpc) is 2.28. The zero-order valence-electron chi connectivity index (χ0n) is 9.20. The second-order valence-corrected chi connectivity index (χ2v) is 3.44. The van der Waals surface area contributed by atoms with Gasteiger partial charge in [0.2, 0.25) is 0 Å². The maximum absolute atomic E-state index is 10.7. The fraction of sp³-hybridized carbons (Fsp3) is 0.364. The van der Waals surface area contributed by atoms with E-state index in [1.54, 1.807) is 4.90 Å². The van der Waals surface area contributed by atoms with Gasteiger partial charge in [-0.3, -0.25) is 0 Å². The quantitative estimate of drug-likeness (QED) is 0.554. The number of rotatable bonds is 6. The Morgan fingerprint density at radius 3 is 2.18 bits per heavy atom. The van der Waals surface area contributed by atoms with E-state index in [9.17, 15) is 9.90 Å². The molecule has 6 heteroatoms. The van der Waals surface area contributed by atoms with Crippen LogP contribution < -0.4 is 4.90 Å². The number of aromatic carboxylic acids is 1. The molecule has 0 atom stereocenters. The summed E-state index contributed by atoms with van der Waals surface area (Å²) in [5.41, 5.74) is 0.372. The molecule has 4 N–H and O–H groups in total. The third kappa shape index (κ3) is 3.33. The van der Waals surface area contributed by atoms with Gasteiger partial charge in [-0.15, -0.1) is 0 Å². The van der Waals surface area contributed by atoms with E-state index in [0.717, 1.165) is 0 Å². The number of hydrogen-bond acceptors (Lipinski definition) is 5. The summed E-state index contributed by atoms with van der Waals surface area (Å²) in [4.78, 5) is 12.3. The summed E-state index contributed by atoms with van der Waals surface area (Å²) in [6, 6.07) is 4.11. The van der Waals surface area contributed by atoms with Crippen LogP contribution >= 0.6 is 0 Å². The number of nitrogens with zero attached hydrogens (tertiary/aromatic N) is 1. The molecule has 0 unspecified atom stereocenters. The molecule has 1 aromatic rings. The van der Waals surface area contributed by atoms with E-state index >= 15 is 0 Å². The summed E-state index contributed by atoms with van der Waals surface area (Å²) in [5.74, 6) is -1.54. The van der Waals surface area contributed by atoms with Crippen molar-refractivity contribution < 1.29 is 25.2 Å². The Labute approximate surface area is 98.4 Å². The van der Waals surface area contributed by atoms with E-state index in [1.807, 2.05) is 0 Å². The van der Waals surface area contributed by atoms with Gasteiger partial charge in [0.1, 0.15) is 11.3 Å². The maximum atomic E-state index is 10.7. The van der Waals surface area contributed by atoms with Crippen LogP contribution in [0.4, 0.5) is 5.69 Å². The van der Waals surface area contributed by atoms with Crippen LogP contribution in [0.25, 0.3) is 0 Å². The number of aliphatic hydroxyl groups is 2. The van der Waals surface area contributed by atoms with Crippen LogP contribution in [0.5, 0.6) is 5.75 Å². The predicted octanol–water partition coefficient (Wildman–Crippen LogP) is -0.119. The van der Waals surface area contributed by atoms with Gasteiger partial charge in [-0.1, -0.05) is 0 Å². The van der Waals surface area contributed by atoms with Gasteiger partial charge < -0.3 is 25.3 Å². The maximum Gasteiger partial charge on any atom is 0.339 e. The monoisotopic (exact) mass is 241 g/mol. The molecule has 0 bridgehead atoms. The molecule has 0 saturated carbocycles. The fourth-order valence-corrected chi connectivity index (χ4v) is 1.51. The van der Waals surface area contributed by atoms with Crippen molar-refractivity contribution in [1.29, 1.82) is 0 Å². The average molecular weight is 241 g/mol. The third-order valence-corrected chi connectivity index (χ3v) is 2.32. The van der Waals surface area contributed by atoms with E-state index in [1.165, 1.54) is 18.2 Å². The Hall–Kier alpha value is -1.79. The van der Waals surface area contributed by atoms with Crippen molar-refractivity contribution in [3.8, 4) is 5.75 Å². The number of aromatic hydroxyl groups is 1. The van der Waals surface area contributed by atoms with Gasteiger partial charge in [-0.2, -0.15) is 0 Å². The van der Waals surface area contributed by atoms with Crippen molar-refractivity contribution in [1.82, 2.24) is 0 Å². The minimum atomic E-state index is -1.20. The molecule has 0 spiro atoms. The molecule has 0 fully saturated rings. The normalized spacial score (nSPS) is 10.2. The minimum absolute atomic E-state index is 0.0958. The molecule has 0 aromatic heterocycles. The standard InChI is InChI=1S/C11H15NO5/c13-5-3-12(4-6-14)8-1-2-9(11(16)17)10(15)7-8/h1-2,7,13-15H,3-6H2,(H,16,17). The number of anilines is 1. The van der Waals surface area contributed by atoms with E-state index in [0.29, 0.717) is 18.8 Å². The van der Waals surface area contributed by atoms with Gasteiger partial charge in [-0.25, -0.2) is 4.79 Å². The Balaban J connectivity index is 2.97. The number of carboxylic acids is 1. The van der Waals surface area contributed by atoms with Crippen LogP contribution in [0, 0.1) is 0 Å². The topological polar surface area (TPSA) is 101 Å². The molecule has 0 radical (unpaired) electrons. The molecule has 0 aliphatic carbocycles. The number of hydrogen-bond donors (Lipinski definition) is 4. The lowest BCUT2D eigenvalue weighted by Gasteiger charge is -2.23. The molecular formula is C11H15NO5. The SMILES string of the molecule is O=C(O)c1ccc(N(CCO)CCO)cc1O. The van der Waals surface area contributed by atoms with Crippen LogP contribution in [0.1, 0.15) is 10.4 Å². The first-order chi connectivity index (χ1) is 8.10. The van der Waals surface area contributed by atoms with Crippen LogP contribution in [0.15, 0.2) is 18.2 Å². The number of carboxylic acid groups (broad SMARTS) is 1.